The van der Waals surface area contributed by atoms with Crippen molar-refractivity contribution in [3.8, 4) is 0 Å². The van der Waals surface area contributed by atoms with Crippen LogP contribution in [0.5, 0.6) is 0 Å². The molecule has 1 N–H and O–H groups in total. The molecule has 0 aromatic carbocycles. The van der Waals surface area contributed by atoms with Crippen molar-refractivity contribution in [2.75, 3.05) is 33.9 Å². The molecule has 0 saturated carbocycles. The number of amides is 1. The van der Waals surface area contributed by atoms with Crippen LogP contribution in [0.4, 0.5) is 0 Å². The van der Waals surface area contributed by atoms with Gasteiger partial charge in [-0.2, -0.15) is 0 Å². The van der Waals surface area contributed by atoms with E-state index >= 15 is 0 Å². The normalized spacial score (nSPS) is 23.2. The number of hydrogen-bond acceptors (Lipinski definition) is 4. The average molecular weight is 268 g/mol. The van der Waals surface area contributed by atoms with Crippen molar-refractivity contribution < 1.29 is 9.53 Å². The fourth-order valence-corrected chi connectivity index (χ4v) is 2.91. The van der Waals surface area contributed by atoms with E-state index in [1.807, 2.05) is 25.1 Å². The lowest BCUT2D eigenvalue weighted by molar-refractivity contribution is -0.134. The molecule has 4 nitrogen and oxygen atoms in total. The minimum atomic E-state index is -0.0386. The summed E-state index contributed by atoms with van der Waals surface area (Å²) in [5.74, 6) is 0.145. The highest BCUT2D eigenvalue weighted by molar-refractivity contribution is 7.09. The first kappa shape index (κ1) is 13.5. The van der Waals surface area contributed by atoms with E-state index in [1.165, 1.54) is 4.88 Å². The number of likely N-dealkylation sites (N-methyl/N-ethyl adjacent to an activating group) is 2. The van der Waals surface area contributed by atoms with Gasteiger partial charge in [-0.3, -0.25) is 4.79 Å². The van der Waals surface area contributed by atoms with E-state index in [1.54, 1.807) is 11.3 Å². The fourth-order valence-electron chi connectivity index (χ4n) is 2.21. The molecule has 1 fully saturated rings. The summed E-state index contributed by atoms with van der Waals surface area (Å²) in [4.78, 5) is 15.4. The van der Waals surface area contributed by atoms with Crippen LogP contribution in [0.15, 0.2) is 17.5 Å². The molecule has 1 saturated heterocycles. The molecule has 0 bridgehead atoms. The Morgan fingerprint density at radius 3 is 3.11 bits per heavy atom. The number of carbonyl (C=O) groups is 1. The summed E-state index contributed by atoms with van der Waals surface area (Å²) in [6, 6.07) is 4.31. The molecule has 1 aromatic rings. The molecule has 0 aliphatic carbocycles. The lowest BCUT2D eigenvalue weighted by atomic mass is 10.0. The number of thiophene rings is 1. The molecule has 2 rings (SSSR count). The van der Waals surface area contributed by atoms with Crippen molar-refractivity contribution in [3.63, 3.8) is 0 Å². The van der Waals surface area contributed by atoms with Crippen LogP contribution < -0.4 is 5.32 Å². The largest absolute Gasteiger partial charge is 0.379 e. The number of nitrogens with zero attached hydrogens (tertiary/aromatic N) is 1. The zero-order valence-corrected chi connectivity index (χ0v) is 11.7. The van der Waals surface area contributed by atoms with Gasteiger partial charge in [0.2, 0.25) is 5.91 Å². The number of ether oxygens (including phenoxy) is 1. The summed E-state index contributed by atoms with van der Waals surface area (Å²) in [6.07, 6.45) is 0.928. The minimum Gasteiger partial charge on any atom is -0.379 e. The quantitative estimate of drug-likeness (QED) is 0.865. The Morgan fingerprint density at radius 2 is 2.44 bits per heavy atom. The summed E-state index contributed by atoms with van der Waals surface area (Å²) < 4.78 is 5.37. The predicted molar refractivity (Wildman–Crippen MR) is 72.8 cm³/mol. The third-order valence-corrected chi connectivity index (χ3v) is 4.35. The molecule has 1 amide bonds. The van der Waals surface area contributed by atoms with Crippen LogP contribution in [0, 0.1) is 5.92 Å². The van der Waals surface area contributed by atoms with Gasteiger partial charge in [-0.05, 0) is 24.9 Å². The van der Waals surface area contributed by atoms with Crippen LogP contribution in [-0.4, -0.2) is 50.7 Å². The summed E-state index contributed by atoms with van der Waals surface area (Å²) in [7, 11) is 3.76. The number of hydrogen-bond donors (Lipinski definition) is 1. The zero-order chi connectivity index (χ0) is 13.0. The molecule has 1 aromatic heterocycles. The lowest BCUT2D eigenvalue weighted by Crippen LogP contribution is -2.43. The van der Waals surface area contributed by atoms with Gasteiger partial charge in [-0.1, -0.05) is 6.07 Å². The maximum atomic E-state index is 12.3. The smallest absolute Gasteiger partial charge is 0.229 e. The standard InChI is InChI=1S/C13H20N2O2S/c1-14-12-9-17-8-11(12)13(16)15(2)6-5-10-4-3-7-18-10/h3-4,7,11-12,14H,5-6,8-9H2,1-2H3. The highest BCUT2D eigenvalue weighted by atomic mass is 32.1. The van der Waals surface area contributed by atoms with Crippen LogP contribution >= 0.6 is 11.3 Å². The summed E-state index contributed by atoms with van der Waals surface area (Å²) >= 11 is 1.74. The third-order valence-electron chi connectivity index (χ3n) is 3.42. The minimum absolute atomic E-state index is 0.0386. The molecule has 5 heteroatoms. The second-order valence-corrected chi connectivity index (χ2v) is 5.66. The highest BCUT2D eigenvalue weighted by Gasteiger charge is 2.34. The van der Waals surface area contributed by atoms with Gasteiger partial charge in [0.05, 0.1) is 19.1 Å². The van der Waals surface area contributed by atoms with Crippen molar-refractivity contribution in [1.82, 2.24) is 10.2 Å². The van der Waals surface area contributed by atoms with Crippen LogP contribution in [0.3, 0.4) is 0 Å². The highest BCUT2D eigenvalue weighted by Crippen LogP contribution is 2.16. The molecule has 100 valence electrons. The molecular formula is C13H20N2O2S. The third kappa shape index (κ3) is 3.10. The van der Waals surface area contributed by atoms with E-state index in [0.29, 0.717) is 13.2 Å². The van der Waals surface area contributed by atoms with Gasteiger partial charge < -0.3 is 15.0 Å². The summed E-state index contributed by atoms with van der Waals surface area (Å²) in [5.41, 5.74) is 0. The van der Waals surface area contributed by atoms with Gasteiger partial charge in [0.25, 0.3) is 0 Å². The van der Waals surface area contributed by atoms with Gasteiger partial charge in [0, 0.05) is 24.5 Å². The Labute approximate surface area is 112 Å². The number of rotatable bonds is 5. The van der Waals surface area contributed by atoms with Crippen molar-refractivity contribution in [1.29, 1.82) is 0 Å². The van der Waals surface area contributed by atoms with Crippen molar-refractivity contribution in [3.05, 3.63) is 22.4 Å². The van der Waals surface area contributed by atoms with Gasteiger partial charge in [0.15, 0.2) is 0 Å². The van der Waals surface area contributed by atoms with Gasteiger partial charge in [-0.25, -0.2) is 0 Å². The maximum Gasteiger partial charge on any atom is 0.229 e. The topological polar surface area (TPSA) is 41.6 Å². The first-order valence-electron chi connectivity index (χ1n) is 6.24. The van der Waals surface area contributed by atoms with Crippen LogP contribution in [0.25, 0.3) is 0 Å². The molecule has 0 radical (unpaired) electrons. The molecule has 1 aliphatic rings. The monoisotopic (exact) mass is 268 g/mol. The fraction of sp³-hybridized carbons (Fsp3) is 0.615. The van der Waals surface area contributed by atoms with E-state index in [2.05, 4.69) is 16.8 Å². The van der Waals surface area contributed by atoms with Crippen LogP contribution in [0.2, 0.25) is 0 Å². The zero-order valence-electron chi connectivity index (χ0n) is 10.9. The van der Waals surface area contributed by atoms with Gasteiger partial charge in [-0.15, -0.1) is 11.3 Å². The molecule has 2 atom stereocenters. The van der Waals surface area contributed by atoms with E-state index in [4.69, 9.17) is 4.74 Å². The van der Waals surface area contributed by atoms with Crippen molar-refractivity contribution in [2.45, 2.75) is 12.5 Å². The van der Waals surface area contributed by atoms with E-state index in [9.17, 15) is 4.79 Å². The molecule has 1 aliphatic heterocycles. The van der Waals surface area contributed by atoms with E-state index in [0.717, 1.165) is 13.0 Å². The second kappa shape index (κ2) is 6.31. The second-order valence-electron chi connectivity index (χ2n) is 4.63. The molecular weight excluding hydrogens is 248 g/mol. The molecule has 2 heterocycles. The van der Waals surface area contributed by atoms with E-state index < -0.39 is 0 Å². The summed E-state index contributed by atoms with van der Waals surface area (Å²) in [6.45, 7) is 1.94. The van der Waals surface area contributed by atoms with Crippen LogP contribution in [0.1, 0.15) is 4.88 Å². The average Bonchev–Trinajstić information content (AvgIpc) is 3.05. The number of carbonyl (C=O) groups excluding carboxylic acids is 1. The van der Waals surface area contributed by atoms with Crippen molar-refractivity contribution in [2.24, 2.45) is 5.92 Å². The van der Waals surface area contributed by atoms with Crippen molar-refractivity contribution >= 4 is 17.2 Å². The SMILES string of the molecule is CNC1COCC1C(=O)N(C)CCc1cccs1. The summed E-state index contributed by atoms with van der Waals surface area (Å²) in [5, 5.41) is 5.22. The molecule has 18 heavy (non-hydrogen) atoms. The Kier molecular flexibility index (Phi) is 4.74. The number of nitrogens with one attached hydrogen (secondary N) is 1. The maximum absolute atomic E-state index is 12.3. The molecule has 0 spiro atoms. The Hall–Kier alpha value is -0.910. The van der Waals surface area contributed by atoms with E-state index in [-0.39, 0.29) is 17.9 Å². The first-order valence-corrected chi connectivity index (χ1v) is 7.12. The molecule has 2 unspecified atom stereocenters. The van der Waals surface area contributed by atoms with Crippen LogP contribution in [-0.2, 0) is 16.0 Å². The van der Waals surface area contributed by atoms with Gasteiger partial charge >= 0.3 is 0 Å². The van der Waals surface area contributed by atoms with Gasteiger partial charge in [0.1, 0.15) is 0 Å². The Morgan fingerprint density at radius 1 is 1.61 bits per heavy atom. The Bertz CT molecular complexity index is 380. The Balaban J connectivity index is 1.84. The predicted octanol–water partition coefficient (Wildman–Crippen LogP) is 0.983. The lowest BCUT2D eigenvalue weighted by Gasteiger charge is -2.23. The first-order chi connectivity index (χ1) is 8.72.